The van der Waals surface area contributed by atoms with Crippen LogP contribution >= 0.6 is 0 Å². The van der Waals surface area contributed by atoms with Crippen molar-refractivity contribution in [2.75, 3.05) is 12.3 Å². The lowest BCUT2D eigenvalue weighted by molar-refractivity contribution is 0.0652. The molecule has 0 atom stereocenters. The molecule has 2 aromatic rings. The van der Waals surface area contributed by atoms with E-state index >= 15 is 0 Å². The summed E-state index contributed by atoms with van der Waals surface area (Å²) < 4.78 is 0. The van der Waals surface area contributed by atoms with E-state index in [1.54, 1.807) is 18.2 Å². The highest BCUT2D eigenvalue weighted by Gasteiger charge is 2.34. The Balaban J connectivity index is 1.68. The van der Waals surface area contributed by atoms with Crippen LogP contribution < -0.4 is 5.73 Å². The third kappa shape index (κ3) is 2.52. The summed E-state index contributed by atoms with van der Waals surface area (Å²) in [6.45, 7) is 0.432. The lowest BCUT2D eigenvalue weighted by Crippen LogP contribution is -2.30. The largest absolute Gasteiger partial charge is 0.399 e. The van der Waals surface area contributed by atoms with Gasteiger partial charge in [-0.25, -0.2) is 0 Å². The molecule has 4 heteroatoms. The van der Waals surface area contributed by atoms with Crippen LogP contribution in [0.15, 0.2) is 48.5 Å². The molecule has 0 saturated heterocycles. The number of amides is 2. The summed E-state index contributed by atoms with van der Waals surface area (Å²) in [5.74, 6) is -0.460. The van der Waals surface area contributed by atoms with E-state index in [1.807, 2.05) is 30.3 Å². The number of carbonyl (C=O) groups is 2. The van der Waals surface area contributed by atoms with Crippen LogP contribution in [-0.2, 0) is 6.42 Å². The van der Waals surface area contributed by atoms with E-state index in [0.717, 1.165) is 12.8 Å². The van der Waals surface area contributed by atoms with Crippen LogP contribution in [0.5, 0.6) is 0 Å². The molecule has 2 N–H and O–H groups in total. The maximum Gasteiger partial charge on any atom is 0.261 e. The van der Waals surface area contributed by atoms with Gasteiger partial charge in [0.1, 0.15) is 0 Å². The molecular weight excluding hydrogens is 264 g/mol. The highest BCUT2D eigenvalue weighted by molar-refractivity contribution is 6.21. The number of nitrogens with two attached hydrogens (primary N) is 1. The van der Waals surface area contributed by atoms with Gasteiger partial charge in [0.2, 0.25) is 0 Å². The summed E-state index contributed by atoms with van der Waals surface area (Å²) in [6.07, 6.45) is 1.60. The Morgan fingerprint density at radius 1 is 0.905 bits per heavy atom. The van der Waals surface area contributed by atoms with Gasteiger partial charge in [-0.2, -0.15) is 0 Å². The van der Waals surface area contributed by atoms with E-state index in [0.29, 0.717) is 23.4 Å². The Labute approximate surface area is 123 Å². The average Bonchev–Trinajstić information content (AvgIpc) is 2.73. The molecular formula is C17H16N2O2. The number of aryl methyl sites for hydroxylation is 1. The Bertz CT molecular complexity index is 695. The fourth-order valence-corrected chi connectivity index (χ4v) is 2.60. The predicted molar refractivity (Wildman–Crippen MR) is 81.0 cm³/mol. The van der Waals surface area contributed by atoms with Crippen LogP contribution in [0.1, 0.15) is 32.7 Å². The van der Waals surface area contributed by atoms with Crippen molar-refractivity contribution < 1.29 is 9.59 Å². The number of benzene rings is 2. The van der Waals surface area contributed by atoms with Crippen molar-refractivity contribution in [3.8, 4) is 0 Å². The molecule has 0 bridgehead atoms. The number of hydrogen-bond acceptors (Lipinski definition) is 3. The van der Waals surface area contributed by atoms with Crippen LogP contribution in [0.4, 0.5) is 5.69 Å². The van der Waals surface area contributed by atoms with Crippen molar-refractivity contribution in [2.24, 2.45) is 0 Å². The fraction of sp³-hybridized carbons (Fsp3) is 0.176. The molecule has 1 aliphatic heterocycles. The SMILES string of the molecule is Nc1ccc2c(c1)C(=O)N(CCCc1ccccc1)C2=O. The maximum atomic E-state index is 12.3. The van der Waals surface area contributed by atoms with E-state index in [1.165, 1.54) is 10.5 Å². The summed E-state index contributed by atoms with van der Waals surface area (Å²) in [5, 5.41) is 0. The van der Waals surface area contributed by atoms with Gasteiger partial charge in [-0.05, 0) is 36.6 Å². The second-order valence-electron chi connectivity index (χ2n) is 5.16. The van der Waals surface area contributed by atoms with Crippen LogP contribution in [-0.4, -0.2) is 23.3 Å². The Hall–Kier alpha value is -2.62. The minimum atomic E-state index is -0.240. The summed E-state index contributed by atoms with van der Waals surface area (Å²) in [6, 6.07) is 14.9. The van der Waals surface area contributed by atoms with Crippen molar-refractivity contribution in [2.45, 2.75) is 12.8 Å². The van der Waals surface area contributed by atoms with Gasteiger partial charge in [0, 0.05) is 12.2 Å². The van der Waals surface area contributed by atoms with Crippen molar-refractivity contribution in [3.63, 3.8) is 0 Å². The number of imide groups is 1. The second kappa shape index (κ2) is 5.40. The number of carbonyl (C=O) groups excluding carboxylic acids is 2. The molecule has 1 heterocycles. The van der Waals surface area contributed by atoms with Gasteiger partial charge in [0.15, 0.2) is 0 Å². The van der Waals surface area contributed by atoms with Crippen LogP contribution in [0.25, 0.3) is 0 Å². The first-order valence-corrected chi connectivity index (χ1v) is 6.96. The molecule has 2 amide bonds. The molecule has 2 aromatic carbocycles. The van der Waals surface area contributed by atoms with Gasteiger partial charge in [0.25, 0.3) is 11.8 Å². The number of fused-ring (bicyclic) bond motifs is 1. The number of anilines is 1. The highest BCUT2D eigenvalue weighted by Crippen LogP contribution is 2.25. The van der Waals surface area contributed by atoms with Crippen molar-refractivity contribution in [1.29, 1.82) is 0 Å². The molecule has 0 unspecified atom stereocenters. The fourth-order valence-electron chi connectivity index (χ4n) is 2.60. The Morgan fingerprint density at radius 3 is 2.38 bits per heavy atom. The lowest BCUT2D eigenvalue weighted by Gasteiger charge is -2.13. The summed E-state index contributed by atoms with van der Waals surface area (Å²) in [7, 11) is 0. The number of hydrogen-bond donors (Lipinski definition) is 1. The Morgan fingerprint density at radius 2 is 1.62 bits per heavy atom. The summed E-state index contributed by atoms with van der Waals surface area (Å²) in [5.41, 5.74) is 8.25. The average molecular weight is 280 g/mol. The molecule has 0 radical (unpaired) electrons. The van der Waals surface area contributed by atoms with Gasteiger partial charge >= 0.3 is 0 Å². The maximum absolute atomic E-state index is 12.3. The quantitative estimate of drug-likeness (QED) is 0.691. The zero-order valence-electron chi connectivity index (χ0n) is 11.6. The van der Waals surface area contributed by atoms with E-state index < -0.39 is 0 Å². The van der Waals surface area contributed by atoms with E-state index in [-0.39, 0.29) is 11.8 Å². The predicted octanol–water partition coefficient (Wildman–Crippen LogP) is 2.50. The topological polar surface area (TPSA) is 63.4 Å². The number of rotatable bonds is 4. The molecule has 0 aromatic heterocycles. The van der Waals surface area contributed by atoms with Gasteiger partial charge in [-0.1, -0.05) is 30.3 Å². The lowest BCUT2D eigenvalue weighted by atomic mass is 10.1. The first kappa shape index (κ1) is 13.4. The molecule has 1 aliphatic rings. The zero-order valence-corrected chi connectivity index (χ0v) is 11.6. The summed E-state index contributed by atoms with van der Waals surface area (Å²) >= 11 is 0. The zero-order chi connectivity index (χ0) is 14.8. The summed E-state index contributed by atoms with van der Waals surface area (Å²) in [4.78, 5) is 25.8. The van der Waals surface area contributed by atoms with E-state index in [2.05, 4.69) is 0 Å². The monoisotopic (exact) mass is 280 g/mol. The third-order valence-electron chi connectivity index (χ3n) is 3.68. The Kier molecular flexibility index (Phi) is 3.44. The van der Waals surface area contributed by atoms with Crippen molar-refractivity contribution >= 4 is 17.5 Å². The molecule has 0 aliphatic carbocycles. The van der Waals surface area contributed by atoms with Gasteiger partial charge in [0.05, 0.1) is 11.1 Å². The van der Waals surface area contributed by atoms with Crippen molar-refractivity contribution in [1.82, 2.24) is 4.90 Å². The van der Waals surface area contributed by atoms with Gasteiger partial charge in [-0.3, -0.25) is 14.5 Å². The molecule has 0 fully saturated rings. The molecule has 0 saturated carbocycles. The first-order chi connectivity index (χ1) is 10.2. The second-order valence-corrected chi connectivity index (χ2v) is 5.16. The first-order valence-electron chi connectivity index (χ1n) is 6.96. The minimum absolute atomic E-state index is 0.219. The normalized spacial score (nSPS) is 13.6. The molecule has 21 heavy (non-hydrogen) atoms. The van der Waals surface area contributed by atoms with Gasteiger partial charge in [-0.15, -0.1) is 0 Å². The third-order valence-corrected chi connectivity index (χ3v) is 3.68. The van der Waals surface area contributed by atoms with Crippen LogP contribution in [0.3, 0.4) is 0 Å². The van der Waals surface area contributed by atoms with Crippen LogP contribution in [0, 0.1) is 0 Å². The smallest absolute Gasteiger partial charge is 0.261 e. The molecule has 3 rings (SSSR count). The minimum Gasteiger partial charge on any atom is -0.399 e. The standard InChI is InChI=1S/C17H16N2O2/c18-13-8-9-14-15(11-13)17(21)19(16(14)20)10-4-7-12-5-2-1-3-6-12/h1-3,5-6,8-9,11H,4,7,10,18H2. The van der Waals surface area contributed by atoms with E-state index in [9.17, 15) is 9.59 Å². The van der Waals surface area contributed by atoms with Gasteiger partial charge < -0.3 is 5.73 Å². The number of nitrogen functional groups attached to an aromatic ring is 1. The van der Waals surface area contributed by atoms with Crippen LogP contribution in [0.2, 0.25) is 0 Å². The molecule has 0 spiro atoms. The molecule has 4 nitrogen and oxygen atoms in total. The highest BCUT2D eigenvalue weighted by atomic mass is 16.2. The molecule has 106 valence electrons. The van der Waals surface area contributed by atoms with E-state index in [4.69, 9.17) is 5.73 Å². The van der Waals surface area contributed by atoms with Crippen molar-refractivity contribution in [3.05, 3.63) is 65.2 Å². The number of nitrogens with zero attached hydrogens (tertiary/aromatic N) is 1.